The molecule has 0 saturated carbocycles. The highest BCUT2D eigenvalue weighted by atomic mass is 32.2. The van der Waals surface area contributed by atoms with E-state index < -0.39 is 66.2 Å². The highest BCUT2D eigenvalue weighted by Crippen LogP contribution is 2.19. The Morgan fingerprint density at radius 2 is 1.76 bits per heavy atom. The zero-order chi connectivity index (χ0) is 25.1. The van der Waals surface area contributed by atoms with E-state index in [1.807, 2.05) is 0 Å². The number of nitrogens with two attached hydrogens (primary N) is 2. The molecule has 1 fully saturated rings. The molecule has 0 spiro atoms. The summed E-state index contributed by atoms with van der Waals surface area (Å²) in [4.78, 5) is 72.8. The molecule has 0 radical (unpaired) electrons. The molecule has 1 aliphatic rings. The maximum Gasteiger partial charge on any atom is 0.326 e. The van der Waals surface area contributed by atoms with Gasteiger partial charge in [-0.15, -0.1) is 0 Å². The van der Waals surface area contributed by atoms with Crippen molar-refractivity contribution in [1.29, 1.82) is 0 Å². The number of rotatable bonds is 14. The molecule has 33 heavy (non-hydrogen) atoms. The fourth-order valence-corrected chi connectivity index (χ4v) is 3.86. The maximum absolute atomic E-state index is 12.9. The van der Waals surface area contributed by atoms with Gasteiger partial charge in [-0.2, -0.15) is 11.8 Å². The van der Waals surface area contributed by atoms with Crippen LogP contribution in [-0.2, 0) is 28.8 Å². The number of thioether (sulfide) groups is 1. The van der Waals surface area contributed by atoms with Crippen molar-refractivity contribution in [2.24, 2.45) is 11.5 Å². The standard InChI is InChI=1S/C19H31N5O8S/c1-33-8-6-12(19(31)32)23-16(28)11(4-5-15(26)27)22-17(29)13-3-2-7-24(13)18(30)10(20)9-14(21)25/h10-13H,2-9,20H2,1H3,(H2,21,25)(H,22,29)(H,23,28)(H,26,27)(H,31,32). The van der Waals surface area contributed by atoms with Crippen LogP contribution in [0.25, 0.3) is 0 Å². The molecule has 8 N–H and O–H groups in total. The van der Waals surface area contributed by atoms with Gasteiger partial charge in [-0.05, 0) is 37.7 Å². The molecular formula is C19H31N5O8S. The molecular weight excluding hydrogens is 458 g/mol. The Hall–Kier alpha value is -2.87. The van der Waals surface area contributed by atoms with E-state index in [4.69, 9.17) is 16.6 Å². The minimum Gasteiger partial charge on any atom is -0.481 e. The number of carboxylic acids is 2. The summed E-state index contributed by atoms with van der Waals surface area (Å²) in [6, 6.07) is -4.70. The fourth-order valence-electron chi connectivity index (χ4n) is 3.39. The first-order valence-corrected chi connectivity index (χ1v) is 11.8. The van der Waals surface area contributed by atoms with Crippen LogP contribution >= 0.6 is 11.8 Å². The number of carbonyl (C=O) groups excluding carboxylic acids is 4. The van der Waals surface area contributed by atoms with Crippen molar-refractivity contribution >= 4 is 47.3 Å². The molecule has 1 rings (SSSR count). The Kier molecular flexibility index (Phi) is 11.6. The molecule has 14 heteroatoms. The van der Waals surface area contributed by atoms with Gasteiger partial charge in [0.05, 0.1) is 12.5 Å². The van der Waals surface area contributed by atoms with Crippen LogP contribution in [0.5, 0.6) is 0 Å². The van der Waals surface area contributed by atoms with E-state index in [9.17, 15) is 33.9 Å². The van der Waals surface area contributed by atoms with Gasteiger partial charge in [0.1, 0.15) is 18.1 Å². The lowest BCUT2D eigenvalue weighted by atomic mass is 10.1. The second-order valence-corrected chi connectivity index (χ2v) is 8.63. The largest absolute Gasteiger partial charge is 0.481 e. The summed E-state index contributed by atoms with van der Waals surface area (Å²) >= 11 is 1.39. The number of carboxylic acid groups (broad SMARTS) is 2. The van der Waals surface area contributed by atoms with Crippen molar-refractivity contribution in [1.82, 2.24) is 15.5 Å². The summed E-state index contributed by atoms with van der Waals surface area (Å²) in [7, 11) is 0. The van der Waals surface area contributed by atoms with Crippen molar-refractivity contribution in [3.8, 4) is 0 Å². The Labute approximate surface area is 195 Å². The monoisotopic (exact) mass is 489 g/mol. The number of hydrogen-bond donors (Lipinski definition) is 6. The molecule has 4 atom stereocenters. The lowest BCUT2D eigenvalue weighted by molar-refractivity contribution is -0.143. The molecule has 0 aromatic rings. The lowest BCUT2D eigenvalue weighted by Gasteiger charge is -2.28. The van der Waals surface area contributed by atoms with Crippen molar-refractivity contribution in [3.05, 3.63) is 0 Å². The van der Waals surface area contributed by atoms with Crippen LogP contribution in [0.3, 0.4) is 0 Å². The van der Waals surface area contributed by atoms with Gasteiger partial charge < -0.3 is 37.2 Å². The van der Waals surface area contributed by atoms with Gasteiger partial charge in [0.25, 0.3) is 0 Å². The van der Waals surface area contributed by atoms with E-state index in [0.717, 1.165) is 0 Å². The van der Waals surface area contributed by atoms with E-state index in [1.54, 1.807) is 6.26 Å². The summed E-state index contributed by atoms with van der Waals surface area (Å²) < 4.78 is 0. The second-order valence-electron chi connectivity index (χ2n) is 7.64. The second kappa shape index (κ2) is 13.6. The van der Waals surface area contributed by atoms with E-state index in [1.165, 1.54) is 16.7 Å². The lowest BCUT2D eigenvalue weighted by Crippen LogP contribution is -2.57. The number of hydrogen-bond acceptors (Lipinski definition) is 8. The van der Waals surface area contributed by atoms with Gasteiger partial charge in [0.2, 0.25) is 23.6 Å². The van der Waals surface area contributed by atoms with E-state index in [-0.39, 0.29) is 32.2 Å². The van der Waals surface area contributed by atoms with Crippen LogP contribution < -0.4 is 22.1 Å². The molecule has 4 amide bonds. The third-order valence-corrected chi connectivity index (χ3v) is 5.73. The summed E-state index contributed by atoms with van der Waals surface area (Å²) in [5.74, 6) is -4.93. The number of likely N-dealkylation sites (tertiary alicyclic amines) is 1. The molecule has 1 aliphatic heterocycles. The molecule has 186 valence electrons. The molecule has 0 aromatic carbocycles. The van der Waals surface area contributed by atoms with Crippen LogP contribution in [0.2, 0.25) is 0 Å². The number of primary amides is 1. The van der Waals surface area contributed by atoms with Gasteiger partial charge in [0, 0.05) is 13.0 Å². The molecule has 0 aliphatic carbocycles. The average Bonchev–Trinajstić information content (AvgIpc) is 3.22. The Balaban J connectivity index is 2.93. The first kappa shape index (κ1) is 28.2. The predicted molar refractivity (Wildman–Crippen MR) is 118 cm³/mol. The molecule has 0 bridgehead atoms. The first-order valence-electron chi connectivity index (χ1n) is 10.4. The Morgan fingerprint density at radius 3 is 2.30 bits per heavy atom. The normalized spacial score (nSPS) is 18.1. The molecule has 13 nitrogen and oxygen atoms in total. The average molecular weight is 490 g/mol. The third kappa shape index (κ3) is 9.26. The van der Waals surface area contributed by atoms with E-state index in [0.29, 0.717) is 12.2 Å². The molecule has 0 aromatic heterocycles. The number of nitrogens with one attached hydrogen (secondary N) is 2. The Morgan fingerprint density at radius 1 is 1.09 bits per heavy atom. The van der Waals surface area contributed by atoms with Gasteiger partial charge in [-0.1, -0.05) is 0 Å². The zero-order valence-corrected chi connectivity index (χ0v) is 19.1. The topological polar surface area (TPSA) is 222 Å². The number of amides is 4. The van der Waals surface area contributed by atoms with Crippen LogP contribution in [0.1, 0.15) is 38.5 Å². The number of carbonyl (C=O) groups is 6. The number of aliphatic carboxylic acids is 2. The maximum atomic E-state index is 12.9. The van der Waals surface area contributed by atoms with Crippen molar-refractivity contribution in [2.45, 2.75) is 62.7 Å². The van der Waals surface area contributed by atoms with Crippen LogP contribution in [0, 0.1) is 0 Å². The number of nitrogens with zero attached hydrogens (tertiary/aromatic N) is 1. The quantitative estimate of drug-likeness (QED) is 0.155. The summed E-state index contributed by atoms with van der Waals surface area (Å²) in [6.07, 6.45) is 1.57. The first-order chi connectivity index (χ1) is 15.5. The van der Waals surface area contributed by atoms with E-state index in [2.05, 4.69) is 10.6 Å². The van der Waals surface area contributed by atoms with Crippen molar-refractivity contribution in [2.75, 3.05) is 18.6 Å². The van der Waals surface area contributed by atoms with Crippen molar-refractivity contribution in [3.63, 3.8) is 0 Å². The Bertz CT molecular complexity index is 764. The molecule has 1 saturated heterocycles. The van der Waals surface area contributed by atoms with Gasteiger partial charge >= 0.3 is 11.9 Å². The summed E-state index contributed by atoms with van der Waals surface area (Å²) in [5, 5.41) is 23.1. The highest BCUT2D eigenvalue weighted by molar-refractivity contribution is 7.98. The predicted octanol–water partition coefficient (Wildman–Crippen LogP) is -2.15. The van der Waals surface area contributed by atoms with Crippen LogP contribution in [-0.4, -0.2) is 93.4 Å². The minimum absolute atomic E-state index is 0.143. The summed E-state index contributed by atoms with van der Waals surface area (Å²) in [5.41, 5.74) is 10.8. The van der Waals surface area contributed by atoms with Crippen molar-refractivity contribution < 1.29 is 39.0 Å². The smallest absolute Gasteiger partial charge is 0.326 e. The SMILES string of the molecule is CSCCC(NC(=O)C(CCC(=O)O)NC(=O)C1CCCN1C(=O)C(N)CC(N)=O)C(=O)O. The van der Waals surface area contributed by atoms with Crippen LogP contribution in [0.15, 0.2) is 0 Å². The zero-order valence-electron chi connectivity index (χ0n) is 18.3. The third-order valence-electron chi connectivity index (χ3n) is 5.08. The molecule has 1 heterocycles. The van der Waals surface area contributed by atoms with Crippen LogP contribution in [0.4, 0.5) is 0 Å². The van der Waals surface area contributed by atoms with Gasteiger partial charge in [-0.3, -0.25) is 24.0 Å². The fraction of sp³-hybridized carbons (Fsp3) is 0.684. The summed E-state index contributed by atoms with van der Waals surface area (Å²) in [6.45, 7) is 0.213. The van der Waals surface area contributed by atoms with Gasteiger partial charge in [-0.25, -0.2) is 4.79 Å². The highest BCUT2D eigenvalue weighted by Gasteiger charge is 2.38. The molecule has 4 unspecified atom stereocenters. The van der Waals surface area contributed by atoms with E-state index >= 15 is 0 Å². The minimum atomic E-state index is -1.32. The van der Waals surface area contributed by atoms with Gasteiger partial charge in [0.15, 0.2) is 0 Å².